The molecule has 0 aliphatic heterocycles. The number of hydrogen-bond acceptors (Lipinski definition) is 6. The monoisotopic (exact) mass is 702 g/mol. The maximum atomic E-state index is 11.3. The topological polar surface area (TPSA) is 92.2 Å². The van der Waals surface area contributed by atoms with Crippen LogP contribution in [0.2, 0.25) is 0 Å². The fourth-order valence-electron chi connectivity index (χ4n) is 2.31. The van der Waals surface area contributed by atoms with Gasteiger partial charge in [-0.1, -0.05) is 66.2 Å². The predicted octanol–water partition coefficient (Wildman–Crippen LogP) is 3.07. The summed E-state index contributed by atoms with van der Waals surface area (Å²) in [5.74, 6) is 3.14. The fraction of sp³-hybridized carbons (Fsp3) is 1.00. The smallest absolute Gasteiger partial charge is 0.854 e. The molecule has 0 fully saturated rings. The molecule has 4 nitrogen and oxygen atoms in total. The molecule has 2 atom stereocenters. The van der Waals surface area contributed by atoms with Crippen LogP contribution in [0.4, 0.5) is 0 Å². The maximum Gasteiger partial charge on any atom is 2.00 e. The van der Waals surface area contributed by atoms with E-state index in [1.165, 1.54) is 0 Å². The molecule has 0 aliphatic rings. The first kappa shape index (κ1) is 44.9. The molecule has 0 spiro atoms. The Labute approximate surface area is 246 Å². The van der Waals surface area contributed by atoms with Gasteiger partial charge in [-0.15, -0.1) is 0 Å². The fourth-order valence-corrected chi connectivity index (χ4v) is 12.8. The molecule has 2 unspecified atom stereocenters. The van der Waals surface area contributed by atoms with E-state index in [9.17, 15) is 19.6 Å². The van der Waals surface area contributed by atoms with Crippen LogP contribution in [0.3, 0.4) is 0 Å². The minimum absolute atomic E-state index is 0. The third-order valence-electron chi connectivity index (χ3n) is 4.07. The van der Waals surface area contributed by atoms with Crippen LogP contribution in [0.15, 0.2) is 0 Å². The summed E-state index contributed by atoms with van der Waals surface area (Å²) in [5, 5.41) is 0. The molecule has 31 heavy (non-hydrogen) atoms. The summed E-state index contributed by atoms with van der Waals surface area (Å²) in [6.45, 7) is 8.39. The number of rotatable bonds is 14. The van der Waals surface area contributed by atoms with E-state index in [4.69, 9.17) is 0 Å². The van der Waals surface area contributed by atoms with E-state index in [1.807, 2.05) is 0 Å². The zero-order valence-corrected chi connectivity index (χ0v) is 34.1. The molecular formula is C18H40O4P2S4Zn3. The van der Waals surface area contributed by atoms with Gasteiger partial charge in [0.2, 0.25) is 0 Å². The summed E-state index contributed by atoms with van der Waals surface area (Å²) in [4.78, 5) is 45.1. The molecule has 0 aromatic carbocycles. The number of unbranched alkanes of at least 4 members (excludes halogenated alkanes) is 6. The minimum atomic E-state index is -3.48. The molecule has 0 aromatic heterocycles. The molecule has 0 rings (SSSR count). The van der Waals surface area contributed by atoms with E-state index >= 15 is 0 Å². The summed E-state index contributed by atoms with van der Waals surface area (Å²) in [7, 11) is -1.06. The van der Waals surface area contributed by atoms with Crippen molar-refractivity contribution in [1.29, 1.82) is 0 Å². The Balaban J connectivity index is -0.000000133. The largest absolute Gasteiger partial charge is 2.00 e. The van der Waals surface area contributed by atoms with Gasteiger partial charge in [0.1, 0.15) is 0 Å². The van der Waals surface area contributed by atoms with Crippen molar-refractivity contribution in [2.24, 2.45) is 0 Å². The Bertz CT molecular complexity index is 444. The Hall–Kier alpha value is 3.97. The van der Waals surface area contributed by atoms with E-state index in [2.05, 4.69) is 52.2 Å². The summed E-state index contributed by atoms with van der Waals surface area (Å²) < 4.78 is 0. The van der Waals surface area contributed by atoms with Gasteiger partial charge in [-0.25, -0.2) is 20.1 Å². The van der Waals surface area contributed by atoms with Crippen molar-refractivity contribution in [3.63, 3.8) is 0 Å². The molecule has 0 bridgehead atoms. The molecule has 0 amide bonds. The molecule has 13 heteroatoms. The average molecular weight is 707 g/mol. The van der Waals surface area contributed by atoms with Crippen molar-refractivity contribution in [1.82, 2.24) is 0 Å². The summed E-state index contributed by atoms with van der Waals surface area (Å²) >= 11 is 9.16. The van der Waals surface area contributed by atoms with Crippen LogP contribution in [0, 0.1) is 0 Å². The van der Waals surface area contributed by atoms with Gasteiger partial charge < -0.3 is 55.5 Å². The molecule has 0 radical (unpaired) electrons. The van der Waals surface area contributed by atoms with Gasteiger partial charge in [0.25, 0.3) is 0 Å². The zero-order valence-electron chi connectivity index (χ0n) is 20.2. The minimum Gasteiger partial charge on any atom is -0.854 e. The maximum absolute atomic E-state index is 11.3. The summed E-state index contributed by atoms with van der Waals surface area (Å²) in [6, 6.07) is 0. The molecule has 0 heterocycles. The second kappa shape index (κ2) is 28.5. The average Bonchev–Trinajstić information content (AvgIpc) is 2.59. The Morgan fingerprint density at radius 2 is 0.710 bits per heavy atom. The van der Waals surface area contributed by atoms with Crippen molar-refractivity contribution >= 4 is 56.0 Å². The third kappa shape index (κ3) is 30.1. The van der Waals surface area contributed by atoms with E-state index < -0.39 is 31.5 Å². The summed E-state index contributed by atoms with van der Waals surface area (Å²) in [6.07, 6.45) is 10.6. The van der Waals surface area contributed by atoms with Gasteiger partial charge in [-0.3, -0.25) is 0 Å². The van der Waals surface area contributed by atoms with Gasteiger partial charge in [-0.2, -0.15) is 0 Å². The number of hydrogen-bond donors (Lipinski definition) is 0. The van der Waals surface area contributed by atoms with Gasteiger partial charge >= 0.3 is 58.4 Å². The first-order valence-electron chi connectivity index (χ1n) is 10.4. The van der Waals surface area contributed by atoms with Crippen LogP contribution >= 0.6 is 11.4 Å². The summed E-state index contributed by atoms with van der Waals surface area (Å²) in [5.41, 5.74) is -6.97. The molecule has 0 N–H and O–H groups in total. The molecule has 0 saturated heterocycles. The molecule has 0 aromatic rings. The van der Waals surface area contributed by atoms with Crippen LogP contribution in [-0.4, -0.2) is 23.0 Å². The van der Waals surface area contributed by atoms with Gasteiger partial charge in [0.05, 0.1) is 0 Å². The standard InChI is InChI=1S/2C9H20O2PS2.3Zn/c2*1-3-5-7-9-14(8-6-4-2)12(10,11)13;;;/h2*3-9H2,1-2H3;;;/q2*-3;3*+2. The Kier molecular flexibility index (Phi) is 41.4. The Morgan fingerprint density at radius 3 is 0.903 bits per heavy atom. The van der Waals surface area contributed by atoms with Crippen molar-refractivity contribution in [2.45, 2.75) is 91.9 Å². The van der Waals surface area contributed by atoms with Gasteiger partial charge in [0.15, 0.2) is 0 Å². The van der Waals surface area contributed by atoms with E-state index in [0.717, 1.165) is 87.2 Å². The first-order valence-corrected chi connectivity index (χ1v) is 20.1. The van der Waals surface area contributed by atoms with Crippen LogP contribution in [0.1, 0.15) is 91.9 Å². The van der Waals surface area contributed by atoms with Crippen LogP contribution in [-0.2, 0) is 103 Å². The van der Waals surface area contributed by atoms with Gasteiger partial charge in [0, 0.05) is 0 Å². The van der Waals surface area contributed by atoms with Crippen molar-refractivity contribution in [3.8, 4) is 0 Å². The quantitative estimate of drug-likeness (QED) is 0.119. The molecular weight excluding hydrogens is 667 g/mol. The third-order valence-corrected chi connectivity index (χ3v) is 18.2. The second-order valence-corrected chi connectivity index (χ2v) is 22.3. The van der Waals surface area contributed by atoms with Crippen LogP contribution in [0.5, 0.6) is 0 Å². The van der Waals surface area contributed by atoms with E-state index in [1.54, 1.807) is 0 Å². The van der Waals surface area contributed by atoms with Gasteiger partial charge in [-0.05, 0) is 48.7 Å². The normalized spacial score (nSPS) is 13.0. The second-order valence-electron chi connectivity index (χ2n) is 6.76. The zero-order chi connectivity index (χ0) is 22.1. The Morgan fingerprint density at radius 1 is 0.484 bits per heavy atom. The van der Waals surface area contributed by atoms with Crippen molar-refractivity contribution in [2.75, 3.05) is 23.0 Å². The predicted molar refractivity (Wildman–Crippen MR) is 132 cm³/mol. The first-order chi connectivity index (χ1) is 13.0. The molecule has 176 valence electrons. The van der Waals surface area contributed by atoms with Crippen molar-refractivity contribution < 1.29 is 78.0 Å². The van der Waals surface area contributed by atoms with Crippen LogP contribution < -0.4 is 19.6 Å². The van der Waals surface area contributed by atoms with E-state index in [-0.39, 0.29) is 58.4 Å². The van der Waals surface area contributed by atoms with Crippen molar-refractivity contribution in [3.05, 3.63) is 0 Å². The van der Waals surface area contributed by atoms with E-state index in [0.29, 0.717) is 0 Å². The molecule has 0 saturated carbocycles. The van der Waals surface area contributed by atoms with Crippen LogP contribution in [0.25, 0.3) is 0 Å². The SMILES string of the molecule is CCCCCS(CCCC)=P([O-])([O-])[S-].CCCCCS(CCCC)=P([O-])([O-])[S-].[Zn+2].[Zn+2].[Zn+2]. The molecule has 0 aliphatic carbocycles.